The molecule has 0 saturated carbocycles. The van der Waals surface area contributed by atoms with Gasteiger partial charge in [-0.1, -0.05) is 48.0 Å². The van der Waals surface area contributed by atoms with Crippen molar-refractivity contribution in [2.24, 2.45) is 0 Å². The number of benzene rings is 3. The van der Waals surface area contributed by atoms with Crippen LogP contribution in [0.15, 0.2) is 72.4 Å². The summed E-state index contributed by atoms with van der Waals surface area (Å²) in [4.78, 5) is 30.9. The number of aryl methyl sites for hydroxylation is 1. The zero-order valence-corrected chi connectivity index (χ0v) is 18.5. The fraction of sp³-hybridized carbons (Fsp3) is 0.154. The van der Waals surface area contributed by atoms with Crippen LogP contribution < -0.4 is 14.5 Å². The van der Waals surface area contributed by atoms with Gasteiger partial charge in [0.2, 0.25) is 0 Å². The fourth-order valence-electron chi connectivity index (χ4n) is 4.52. The van der Waals surface area contributed by atoms with Crippen LogP contribution in [0.2, 0.25) is 5.02 Å². The SMILES string of the molecule is COc1ccccc1C1=C(N2CCc3ccccc32)C(=O)N(c2ccc(Cl)cc2C)C1=O. The predicted molar refractivity (Wildman–Crippen MR) is 126 cm³/mol. The van der Waals surface area contributed by atoms with E-state index in [9.17, 15) is 9.59 Å². The summed E-state index contributed by atoms with van der Waals surface area (Å²) in [5, 5.41) is 0.553. The van der Waals surface area contributed by atoms with Crippen molar-refractivity contribution in [1.82, 2.24) is 0 Å². The van der Waals surface area contributed by atoms with E-state index in [1.807, 2.05) is 48.2 Å². The number of carbonyl (C=O) groups is 2. The number of anilines is 2. The predicted octanol–water partition coefficient (Wildman–Crippen LogP) is 5.00. The van der Waals surface area contributed by atoms with Gasteiger partial charge in [0.25, 0.3) is 11.8 Å². The molecular weight excluding hydrogens is 424 g/mol. The molecule has 0 unspecified atom stereocenters. The summed E-state index contributed by atoms with van der Waals surface area (Å²) in [5.41, 5.74) is 4.70. The molecule has 0 spiro atoms. The van der Waals surface area contributed by atoms with Crippen LogP contribution in [0.5, 0.6) is 5.75 Å². The van der Waals surface area contributed by atoms with E-state index < -0.39 is 0 Å². The number of halogens is 1. The van der Waals surface area contributed by atoms with Gasteiger partial charge in [0.1, 0.15) is 11.4 Å². The molecule has 2 aliphatic heterocycles. The summed E-state index contributed by atoms with van der Waals surface area (Å²) in [7, 11) is 1.56. The lowest BCUT2D eigenvalue weighted by Gasteiger charge is -2.22. The quantitative estimate of drug-likeness (QED) is 0.531. The first-order valence-electron chi connectivity index (χ1n) is 10.4. The number of methoxy groups -OCH3 is 1. The number of amides is 2. The van der Waals surface area contributed by atoms with Gasteiger partial charge in [-0.05, 0) is 54.8 Å². The fourth-order valence-corrected chi connectivity index (χ4v) is 4.75. The minimum Gasteiger partial charge on any atom is -0.496 e. The van der Waals surface area contributed by atoms with Gasteiger partial charge in [-0.25, -0.2) is 4.90 Å². The Kier molecular flexibility index (Phi) is 4.98. The molecule has 0 N–H and O–H groups in total. The molecule has 2 aliphatic rings. The number of nitrogens with zero attached hydrogens (tertiary/aromatic N) is 2. The first-order valence-corrected chi connectivity index (χ1v) is 10.8. The average molecular weight is 445 g/mol. The lowest BCUT2D eigenvalue weighted by atomic mass is 10.0. The Bertz CT molecular complexity index is 1300. The maximum absolute atomic E-state index is 13.9. The van der Waals surface area contributed by atoms with Gasteiger partial charge >= 0.3 is 0 Å². The van der Waals surface area contributed by atoms with Crippen molar-refractivity contribution >= 4 is 40.4 Å². The number of carbonyl (C=O) groups excluding carboxylic acids is 2. The zero-order valence-electron chi connectivity index (χ0n) is 17.8. The Morgan fingerprint density at radius 1 is 0.906 bits per heavy atom. The number of hydrogen-bond donors (Lipinski definition) is 0. The van der Waals surface area contributed by atoms with Crippen LogP contribution >= 0.6 is 11.6 Å². The highest BCUT2D eigenvalue weighted by molar-refractivity contribution is 6.47. The van der Waals surface area contributed by atoms with Gasteiger partial charge in [0, 0.05) is 22.8 Å². The highest BCUT2D eigenvalue weighted by Gasteiger charge is 2.45. The van der Waals surface area contributed by atoms with Crippen molar-refractivity contribution in [3.05, 3.63) is 94.1 Å². The maximum Gasteiger partial charge on any atom is 0.282 e. The summed E-state index contributed by atoms with van der Waals surface area (Å²) in [6.07, 6.45) is 0.806. The molecule has 0 aromatic heterocycles. The Morgan fingerprint density at radius 3 is 2.44 bits per heavy atom. The van der Waals surface area contributed by atoms with Crippen LogP contribution in [-0.4, -0.2) is 25.5 Å². The van der Waals surface area contributed by atoms with Gasteiger partial charge in [-0.2, -0.15) is 0 Å². The van der Waals surface area contributed by atoms with Crippen molar-refractivity contribution in [2.45, 2.75) is 13.3 Å². The van der Waals surface area contributed by atoms with Crippen LogP contribution in [0.3, 0.4) is 0 Å². The van der Waals surface area contributed by atoms with E-state index in [2.05, 4.69) is 6.07 Å². The third-order valence-corrected chi connectivity index (χ3v) is 6.23. The molecule has 0 bridgehead atoms. The Hall–Kier alpha value is -3.57. The molecule has 0 fully saturated rings. The first kappa shape index (κ1) is 20.3. The molecule has 6 heteroatoms. The van der Waals surface area contributed by atoms with Crippen LogP contribution in [0.1, 0.15) is 16.7 Å². The second-order valence-corrected chi connectivity index (χ2v) is 8.27. The molecule has 3 aromatic carbocycles. The molecule has 2 heterocycles. The van der Waals surface area contributed by atoms with Gasteiger partial charge in [0.15, 0.2) is 0 Å². The topological polar surface area (TPSA) is 49.9 Å². The number of para-hydroxylation sites is 2. The third-order valence-electron chi connectivity index (χ3n) is 5.99. The van der Waals surface area contributed by atoms with Gasteiger partial charge in [-0.3, -0.25) is 9.59 Å². The van der Waals surface area contributed by atoms with Crippen molar-refractivity contribution in [2.75, 3.05) is 23.5 Å². The lowest BCUT2D eigenvalue weighted by Crippen LogP contribution is -2.35. The standard InChI is InChI=1S/C26H21ClN2O3/c1-16-15-18(27)11-12-20(16)29-25(30)23(19-8-4-6-10-22(19)32-2)24(26(29)31)28-14-13-17-7-3-5-9-21(17)28/h3-12,15H,13-14H2,1-2H3. The monoisotopic (exact) mass is 444 g/mol. The highest BCUT2D eigenvalue weighted by atomic mass is 35.5. The summed E-state index contributed by atoms with van der Waals surface area (Å²) in [5.74, 6) is -0.175. The Morgan fingerprint density at radius 2 is 1.66 bits per heavy atom. The second-order valence-electron chi connectivity index (χ2n) is 7.83. The summed E-state index contributed by atoms with van der Waals surface area (Å²) >= 11 is 6.13. The summed E-state index contributed by atoms with van der Waals surface area (Å²) < 4.78 is 5.55. The van der Waals surface area contributed by atoms with E-state index in [1.54, 1.807) is 31.4 Å². The normalized spacial score (nSPS) is 15.6. The molecule has 0 aliphatic carbocycles. The number of imide groups is 1. The molecular formula is C26H21ClN2O3. The average Bonchev–Trinajstić information content (AvgIpc) is 3.32. The smallest absolute Gasteiger partial charge is 0.282 e. The molecule has 5 nitrogen and oxygen atoms in total. The van der Waals surface area contributed by atoms with Crippen LogP contribution in [0.25, 0.3) is 5.57 Å². The van der Waals surface area contributed by atoms with E-state index in [0.717, 1.165) is 23.2 Å². The third kappa shape index (κ3) is 3.09. The number of rotatable bonds is 4. The minimum absolute atomic E-state index is 0.346. The van der Waals surface area contributed by atoms with Crippen LogP contribution in [0.4, 0.5) is 11.4 Å². The molecule has 2 amide bonds. The largest absolute Gasteiger partial charge is 0.496 e. The van der Waals surface area contributed by atoms with E-state index in [0.29, 0.717) is 39.8 Å². The van der Waals surface area contributed by atoms with Crippen LogP contribution in [0, 0.1) is 6.92 Å². The van der Waals surface area contributed by atoms with Crippen molar-refractivity contribution in [1.29, 1.82) is 0 Å². The minimum atomic E-state index is -0.371. The molecule has 0 radical (unpaired) electrons. The van der Waals surface area contributed by atoms with Crippen molar-refractivity contribution in [3.63, 3.8) is 0 Å². The van der Waals surface area contributed by atoms with Gasteiger partial charge in [-0.15, -0.1) is 0 Å². The molecule has 5 rings (SSSR count). The zero-order chi connectivity index (χ0) is 22.4. The Balaban J connectivity index is 1.73. The first-order chi connectivity index (χ1) is 15.5. The highest BCUT2D eigenvalue weighted by Crippen LogP contribution is 2.42. The van der Waals surface area contributed by atoms with E-state index in [1.165, 1.54) is 4.90 Å². The summed E-state index contributed by atoms with van der Waals surface area (Å²) in [6, 6.07) is 20.4. The second kappa shape index (κ2) is 7.84. The molecule has 0 atom stereocenters. The molecule has 3 aromatic rings. The van der Waals surface area contributed by atoms with Crippen LogP contribution in [-0.2, 0) is 16.0 Å². The van der Waals surface area contributed by atoms with E-state index in [4.69, 9.17) is 16.3 Å². The van der Waals surface area contributed by atoms with Gasteiger partial charge in [0.05, 0.1) is 18.4 Å². The number of fused-ring (bicyclic) bond motifs is 1. The molecule has 160 valence electrons. The number of hydrogen-bond acceptors (Lipinski definition) is 4. The molecule has 0 saturated heterocycles. The van der Waals surface area contributed by atoms with E-state index >= 15 is 0 Å². The van der Waals surface area contributed by atoms with Gasteiger partial charge < -0.3 is 9.64 Å². The summed E-state index contributed by atoms with van der Waals surface area (Å²) in [6.45, 7) is 2.47. The number of ether oxygens (including phenoxy) is 1. The maximum atomic E-state index is 13.9. The lowest BCUT2D eigenvalue weighted by molar-refractivity contribution is -0.120. The van der Waals surface area contributed by atoms with E-state index in [-0.39, 0.29) is 11.8 Å². The van der Waals surface area contributed by atoms with Crippen molar-refractivity contribution in [3.8, 4) is 5.75 Å². The van der Waals surface area contributed by atoms with Crippen molar-refractivity contribution < 1.29 is 14.3 Å². The Labute approximate surface area is 191 Å². The molecule has 32 heavy (non-hydrogen) atoms.